The van der Waals surface area contributed by atoms with Gasteiger partial charge in [-0.05, 0) is 24.2 Å². The number of terminal acetylenes is 1. The van der Waals surface area contributed by atoms with E-state index in [1.165, 1.54) is 19.3 Å². The Morgan fingerprint density at radius 1 is 1.45 bits per heavy atom. The van der Waals surface area contributed by atoms with Crippen LogP contribution in [0.5, 0.6) is 0 Å². The van der Waals surface area contributed by atoms with E-state index >= 15 is 0 Å². The summed E-state index contributed by atoms with van der Waals surface area (Å²) >= 11 is 0. The Labute approximate surface area is 70.4 Å². The van der Waals surface area contributed by atoms with Crippen molar-refractivity contribution in [2.75, 3.05) is 0 Å². The van der Waals surface area contributed by atoms with Gasteiger partial charge in [-0.2, -0.15) is 0 Å². The third kappa shape index (κ3) is 1.59. The molecule has 62 valence electrons. The molecule has 0 aliphatic heterocycles. The van der Waals surface area contributed by atoms with Crippen LogP contribution in [0.25, 0.3) is 0 Å². The zero-order valence-corrected chi connectivity index (χ0v) is 7.85. The summed E-state index contributed by atoms with van der Waals surface area (Å²) in [6.45, 7) is 6.88. The second-order valence-corrected chi connectivity index (χ2v) is 4.50. The van der Waals surface area contributed by atoms with Gasteiger partial charge in [0, 0.05) is 5.92 Å². The van der Waals surface area contributed by atoms with Crippen LogP contribution < -0.4 is 0 Å². The lowest BCUT2D eigenvalue weighted by Crippen LogP contribution is -2.32. The van der Waals surface area contributed by atoms with Crippen LogP contribution in [0.15, 0.2) is 0 Å². The minimum Gasteiger partial charge on any atom is -0.120 e. The van der Waals surface area contributed by atoms with Crippen LogP contribution in [0, 0.1) is 29.6 Å². The fourth-order valence-electron chi connectivity index (χ4n) is 2.36. The smallest absolute Gasteiger partial charge is 0.0276 e. The predicted octanol–water partition coefficient (Wildman–Crippen LogP) is 3.08. The molecule has 1 saturated carbocycles. The van der Waals surface area contributed by atoms with Crippen LogP contribution >= 0.6 is 0 Å². The van der Waals surface area contributed by atoms with Crippen molar-refractivity contribution in [3.05, 3.63) is 0 Å². The van der Waals surface area contributed by atoms with Gasteiger partial charge in [0.2, 0.25) is 0 Å². The van der Waals surface area contributed by atoms with E-state index in [2.05, 4.69) is 26.7 Å². The molecule has 0 bridgehead atoms. The van der Waals surface area contributed by atoms with Crippen LogP contribution in [-0.2, 0) is 0 Å². The van der Waals surface area contributed by atoms with Crippen molar-refractivity contribution in [1.29, 1.82) is 0 Å². The van der Waals surface area contributed by atoms with E-state index in [0.29, 0.717) is 11.3 Å². The van der Waals surface area contributed by atoms with E-state index in [1.54, 1.807) is 0 Å². The molecule has 0 amide bonds. The topological polar surface area (TPSA) is 0 Å². The summed E-state index contributed by atoms with van der Waals surface area (Å²) in [5.41, 5.74) is 0.381. The molecule has 0 nitrogen and oxygen atoms in total. The van der Waals surface area contributed by atoms with Crippen LogP contribution in [0.2, 0.25) is 0 Å². The summed E-state index contributed by atoms with van der Waals surface area (Å²) in [5, 5.41) is 0. The van der Waals surface area contributed by atoms with Gasteiger partial charge >= 0.3 is 0 Å². The van der Waals surface area contributed by atoms with E-state index in [9.17, 15) is 0 Å². The van der Waals surface area contributed by atoms with Gasteiger partial charge in [-0.1, -0.05) is 27.2 Å². The summed E-state index contributed by atoms with van der Waals surface area (Å²) in [6, 6.07) is 0. The molecule has 0 aromatic rings. The number of hydrogen-bond acceptors (Lipinski definition) is 0. The van der Waals surface area contributed by atoms with E-state index in [4.69, 9.17) is 6.42 Å². The molecule has 0 N–H and O–H groups in total. The lowest BCUT2D eigenvalue weighted by Gasteiger charge is -2.39. The molecule has 0 aromatic heterocycles. The highest BCUT2D eigenvalue weighted by Crippen LogP contribution is 2.43. The average molecular weight is 150 g/mol. The molecule has 0 aromatic carbocycles. The predicted molar refractivity (Wildman–Crippen MR) is 49.1 cm³/mol. The number of rotatable bonds is 0. The van der Waals surface area contributed by atoms with Gasteiger partial charge in [0.15, 0.2) is 0 Å². The Balaban J connectivity index is 2.74. The highest BCUT2D eigenvalue weighted by atomic mass is 14.4. The fourth-order valence-corrected chi connectivity index (χ4v) is 2.36. The quantitative estimate of drug-likeness (QED) is 0.465. The molecule has 1 aliphatic carbocycles. The van der Waals surface area contributed by atoms with Gasteiger partial charge in [0.1, 0.15) is 0 Å². The van der Waals surface area contributed by atoms with E-state index in [0.717, 1.165) is 5.92 Å². The van der Waals surface area contributed by atoms with E-state index in [-0.39, 0.29) is 0 Å². The lowest BCUT2D eigenvalue weighted by molar-refractivity contribution is 0.130. The van der Waals surface area contributed by atoms with Gasteiger partial charge in [0.25, 0.3) is 0 Å². The highest BCUT2D eigenvalue weighted by Gasteiger charge is 2.35. The van der Waals surface area contributed by atoms with Crippen molar-refractivity contribution < 1.29 is 0 Å². The Kier molecular flexibility index (Phi) is 2.28. The van der Waals surface area contributed by atoms with Gasteiger partial charge in [-0.3, -0.25) is 0 Å². The van der Waals surface area contributed by atoms with Crippen molar-refractivity contribution in [3.63, 3.8) is 0 Å². The largest absolute Gasteiger partial charge is 0.120 e. The normalized spacial score (nSPS) is 36.2. The third-order valence-electron chi connectivity index (χ3n) is 3.07. The minimum absolute atomic E-state index is 0.381. The average Bonchev–Trinajstić information content (AvgIpc) is 1.86. The van der Waals surface area contributed by atoms with Gasteiger partial charge < -0.3 is 0 Å². The Bertz CT molecular complexity index is 171. The molecule has 0 heterocycles. The third-order valence-corrected chi connectivity index (χ3v) is 3.07. The summed E-state index contributed by atoms with van der Waals surface area (Å²) in [5.74, 6) is 4.17. The van der Waals surface area contributed by atoms with E-state index < -0.39 is 0 Å². The van der Waals surface area contributed by atoms with Crippen molar-refractivity contribution in [3.8, 4) is 12.3 Å². The first-order valence-corrected chi connectivity index (χ1v) is 4.54. The monoisotopic (exact) mass is 150 g/mol. The van der Waals surface area contributed by atoms with Gasteiger partial charge in [-0.25, -0.2) is 0 Å². The van der Waals surface area contributed by atoms with E-state index in [1.807, 2.05) is 0 Å². The Hall–Kier alpha value is -0.440. The van der Waals surface area contributed by atoms with Gasteiger partial charge in [-0.15, -0.1) is 12.3 Å². The highest BCUT2D eigenvalue weighted by molar-refractivity contribution is 5.04. The standard InChI is InChI=1S/C11H18/c1-5-10-9(2)7-6-8-11(10,3)4/h1,9-10H,6-8H2,2-4H3/t9-,10+/m0/s1. The van der Waals surface area contributed by atoms with Crippen molar-refractivity contribution in [1.82, 2.24) is 0 Å². The zero-order valence-electron chi connectivity index (χ0n) is 7.85. The molecule has 11 heavy (non-hydrogen) atoms. The first kappa shape index (κ1) is 8.65. The summed E-state index contributed by atoms with van der Waals surface area (Å²) < 4.78 is 0. The Morgan fingerprint density at radius 3 is 2.45 bits per heavy atom. The van der Waals surface area contributed by atoms with Gasteiger partial charge in [0.05, 0.1) is 0 Å². The maximum Gasteiger partial charge on any atom is 0.0276 e. The maximum absolute atomic E-state index is 5.52. The second kappa shape index (κ2) is 2.89. The molecule has 0 spiro atoms. The van der Waals surface area contributed by atoms with Crippen molar-refractivity contribution in [2.24, 2.45) is 17.3 Å². The molecule has 0 saturated heterocycles. The molecule has 1 aliphatic rings. The molecule has 0 radical (unpaired) electrons. The molecule has 2 atom stereocenters. The zero-order chi connectivity index (χ0) is 8.48. The summed E-state index contributed by atoms with van der Waals surface area (Å²) in [4.78, 5) is 0. The molecular formula is C11H18. The second-order valence-electron chi connectivity index (χ2n) is 4.50. The van der Waals surface area contributed by atoms with Crippen LogP contribution in [0.4, 0.5) is 0 Å². The molecular weight excluding hydrogens is 132 g/mol. The lowest BCUT2D eigenvalue weighted by atomic mass is 9.65. The van der Waals surface area contributed by atoms with Crippen LogP contribution in [-0.4, -0.2) is 0 Å². The van der Waals surface area contributed by atoms with Crippen LogP contribution in [0.3, 0.4) is 0 Å². The summed E-state index contributed by atoms with van der Waals surface area (Å²) in [6.07, 6.45) is 9.49. The molecule has 0 unspecified atom stereocenters. The van der Waals surface area contributed by atoms with Crippen LogP contribution in [0.1, 0.15) is 40.0 Å². The first-order valence-electron chi connectivity index (χ1n) is 4.54. The fraction of sp³-hybridized carbons (Fsp3) is 0.818. The maximum atomic E-state index is 5.52. The van der Waals surface area contributed by atoms with Crippen molar-refractivity contribution in [2.45, 2.75) is 40.0 Å². The summed E-state index contributed by atoms with van der Waals surface area (Å²) in [7, 11) is 0. The molecule has 0 heteroatoms. The minimum atomic E-state index is 0.381. The SMILES string of the molecule is C#C[C@@H]1[C@@H](C)CCCC1(C)C. The molecule has 1 rings (SSSR count). The Morgan fingerprint density at radius 2 is 2.09 bits per heavy atom. The van der Waals surface area contributed by atoms with Crippen molar-refractivity contribution >= 4 is 0 Å². The number of hydrogen-bond donors (Lipinski definition) is 0. The molecule has 1 fully saturated rings. The first-order chi connectivity index (χ1) is 5.08.